The zero-order valence-corrected chi connectivity index (χ0v) is 13.2. The van der Waals surface area contributed by atoms with Crippen LogP contribution in [0.4, 0.5) is 0 Å². The van der Waals surface area contributed by atoms with Crippen LogP contribution in [0.25, 0.3) is 0 Å². The first-order valence-electron chi connectivity index (χ1n) is 7.45. The maximum atomic E-state index is 3.22. The molecule has 0 aromatic carbocycles. The van der Waals surface area contributed by atoms with Gasteiger partial charge in [-0.15, -0.1) is 0 Å². The highest BCUT2D eigenvalue weighted by Crippen LogP contribution is 1.93. The van der Waals surface area contributed by atoms with Crippen LogP contribution in [0.15, 0.2) is 0 Å². The summed E-state index contributed by atoms with van der Waals surface area (Å²) in [6.45, 7) is 17.1. The Morgan fingerprint density at radius 2 is 1.22 bits per heavy atom. The highest BCUT2D eigenvalue weighted by molar-refractivity contribution is 4.63. The highest BCUT2D eigenvalue weighted by Gasteiger charge is 2.07. The monoisotopic (exact) mass is 258 g/mol. The molecular formula is C14H34N4. The van der Waals surface area contributed by atoms with Crippen LogP contribution in [0, 0.1) is 0 Å². The van der Waals surface area contributed by atoms with Crippen LogP contribution in [0.3, 0.4) is 0 Å². The van der Waals surface area contributed by atoms with E-state index in [0.717, 1.165) is 32.7 Å². The van der Waals surface area contributed by atoms with Crippen molar-refractivity contribution in [2.24, 2.45) is 0 Å². The van der Waals surface area contributed by atoms with Crippen molar-refractivity contribution >= 4 is 0 Å². The topological polar surface area (TPSA) is 21.8 Å². The fourth-order valence-corrected chi connectivity index (χ4v) is 1.88. The molecule has 0 spiro atoms. The largest absolute Gasteiger partial charge is 0.318 e. The molecule has 0 rings (SSSR count). The number of rotatable bonds is 12. The predicted molar refractivity (Wildman–Crippen MR) is 81.3 cm³/mol. The summed E-state index contributed by atoms with van der Waals surface area (Å²) in [5.74, 6) is 0. The average Bonchev–Trinajstić information content (AvgIpc) is 2.41. The van der Waals surface area contributed by atoms with Crippen molar-refractivity contribution in [1.29, 1.82) is 0 Å². The first-order chi connectivity index (χ1) is 8.67. The fraction of sp³-hybridized carbons (Fsp3) is 1.00. The lowest BCUT2D eigenvalue weighted by Gasteiger charge is -2.27. The molecule has 0 aliphatic carbocycles. The van der Waals surface area contributed by atoms with Gasteiger partial charge in [-0.05, 0) is 33.7 Å². The van der Waals surface area contributed by atoms with Crippen LogP contribution >= 0.6 is 0 Å². The van der Waals surface area contributed by atoms with Crippen LogP contribution in [0.5, 0.6) is 0 Å². The van der Waals surface area contributed by atoms with Gasteiger partial charge >= 0.3 is 0 Å². The summed E-state index contributed by atoms with van der Waals surface area (Å²) in [7, 11) is 4.21. The van der Waals surface area contributed by atoms with E-state index >= 15 is 0 Å². The summed E-state index contributed by atoms with van der Waals surface area (Å²) >= 11 is 0. The third kappa shape index (κ3) is 8.86. The summed E-state index contributed by atoms with van der Waals surface area (Å²) in [5, 5.41) is 3.22. The third-order valence-corrected chi connectivity index (χ3v) is 3.64. The Morgan fingerprint density at radius 1 is 0.722 bits per heavy atom. The van der Waals surface area contributed by atoms with Gasteiger partial charge in [-0.25, -0.2) is 0 Å². The van der Waals surface area contributed by atoms with Gasteiger partial charge in [-0.2, -0.15) is 0 Å². The summed E-state index contributed by atoms with van der Waals surface area (Å²) in [6.07, 6.45) is 0. The van der Waals surface area contributed by atoms with Crippen LogP contribution in [0.2, 0.25) is 0 Å². The molecule has 0 unspecified atom stereocenters. The van der Waals surface area contributed by atoms with Crippen LogP contribution in [-0.4, -0.2) is 87.7 Å². The molecule has 0 radical (unpaired) electrons. The average molecular weight is 258 g/mol. The first-order valence-corrected chi connectivity index (χ1v) is 7.45. The minimum Gasteiger partial charge on any atom is -0.318 e. The fourth-order valence-electron chi connectivity index (χ4n) is 1.88. The smallest absolute Gasteiger partial charge is 0.0110 e. The normalized spacial score (nSPS) is 12.0. The molecule has 0 saturated heterocycles. The molecule has 4 nitrogen and oxygen atoms in total. The molecule has 0 saturated carbocycles. The summed E-state index contributed by atoms with van der Waals surface area (Å²) < 4.78 is 0. The molecule has 0 amide bonds. The molecule has 4 heteroatoms. The van der Waals surface area contributed by atoms with Crippen molar-refractivity contribution < 1.29 is 0 Å². The standard InChI is InChI=1S/C14H34N4/c1-6-16(5)11-12-18(8-3)14-13-17(7-2)10-9-15-4/h15H,6-14H2,1-5H3. The molecule has 0 aromatic rings. The van der Waals surface area contributed by atoms with E-state index in [4.69, 9.17) is 0 Å². The van der Waals surface area contributed by atoms with Gasteiger partial charge in [-0.3, -0.25) is 0 Å². The number of nitrogens with one attached hydrogen (secondary N) is 1. The van der Waals surface area contributed by atoms with Gasteiger partial charge in [0.25, 0.3) is 0 Å². The summed E-state index contributed by atoms with van der Waals surface area (Å²) in [5.41, 5.74) is 0. The second-order valence-corrected chi connectivity index (χ2v) is 4.87. The zero-order chi connectivity index (χ0) is 13.8. The molecule has 0 aliphatic heterocycles. The summed E-state index contributed by atoms with van der Waals surface area (Å²) in [6, 6.07) is 0. The van der Waals surface area contributed by atoms with Crippen molar-refractivity contribution in [3.8, 4) is 0 Å². The highest BCUT2D eigenvalue weighted by atomic mass is 15.2. The minimum atomic E-state index is 1.08. The number of nitrogens with zero attached hydrogens (tertiary/aromatic N) is 3. The van der Waals surface area contributed by atoms with Gasteiger partial charge in [0.2, 0.25) is 0 Å². The molecule has 110 valence electrons. The zero-order valence-electron chi connectivity index (χ0n) is 13.2. The molecule has 0 bridgehead atoms. The lowest BCUT2D eigenvalue weighted by Crippen LogP contribution is -2.40. The Bertz CT molecular complexity index is 175. The molecule has 0 fully saturated rings. The van der Waals surface area contributed by atoms with E-state index in [-0.39, 0.29) is 0 Å². The Balaban J connectivity index is 3.82. The van der Waals surface area contributed by atoms with Gasteiger partial charge in [0.15, 0.2) is 0 Å². The third-order valence-electron chi connectivity index (χ3n) is 3.64. The second kappa shape index (κ2) is 11.9. The molecule has 0 aliphatic rings. The molecule has 18 heavy (non-hydrogen) atoms. The van der Waals surface area contributed by atoms with Gasteiger partial charge in [-0.1, -0.05) is 20.8 Å². The van der Waals surface area contributed by atoms with Gasteiger partial charge < -0.3 is 20.0 Å². The first kappa shape index (κ1) is 17.8. The minimum absolute atomic E-state index is 1.08. The lowest BCUT2D eigenvalue weighted by atomic mass is 10.4. The Kier molecular flexibility index (Phi) is 11.8. The molecule has 0 atom stereocenters. The van der Waals surface area contributed by atoms with Gasteiger partial charge in [0.1, 0.15) is 0 Å². The number of hydrogen-bond acceptors (Lipinski definition) is 4. The van der Waals surface area contributed by atoms with E-state index in [1.165, 1.54) is 26.2 Å². The number of likely N-dealkylation sites (N-methyl/N-ethyl adjacent to an activating group) is 4. The quantitative estimate of drug-likeness (QED) is 0.559. The Morgan fingerprint density at radius 3 is 1.67 bits per heavy atom. The van der Waals surface area contributed by atoms with Crippen molar-refractivity contribution in [1.82, 2.24) is 20.0 Å². The lowest BCUT2D eigenvalue weighted by molar-refractivity contribution is 0.197. The van der Waals surface area contributed by atoms with Gasteiger partial charge in [0.05, 0.1) is 0 Å². The van der Waals surface area contributed by atoms with Gasteiger partial charge in [0, 0.05) is 39.3 Å². The second-order valence-electron chi connectivity index (χ2n) is 4.87. The van der Waals surface area contributed by atoms with Crippen molar-refractivity contribution in [2.45, 2.75) is 20.8 Å². The predicted octanol–water partition coefficient (Wildman–Crippen LogP) is 0.801. The van der Waals surface area contributed by atoms with Crippen molar-refractivity contribution in [3.05, 3.63) is 0 Å². The Hall–Kier alpha value is -0.160. The Labute approximate surface area is 114 Å². The molecule has 0 heterocycles. The maximum Gasteiger partial charge on any atom is 0.0110 e. The molecule has 0 aromatic heterocycles. The molecule has 1 N–H and O–H groups in total. The van der Waals surface area contributed by atoms with E-state index in [1.54, 1.807) is 0 Å². The van der Waals surface area contributed by atoms with E-state index in [0.29, 0.717) is 0 Å². The molecular weight excluding hydrogens is 224 g/mol. The SMILES string of the molecule is CCN(C)CCN(CC)CCN(CC)CCNC. The van der Waals surface area contributed by atoms with E-state index in [9.17, 15) is 0 Å². The van der Waals surface area contributed by atoms with Crippen LogP contribution in [0.1, 0.15) is 20.8 Å². The summed E-state index contributed by atoms with van der Waals surface area (Å²) in [4.78, 5) is 7.44. The van der Waals surface area contributed by atoms with E-state index in [1.807, 2.05) is 7.05 Å². The van der Waals surface area contributed by atoms with E-state index in [2.05, 4.69) is 47.8 Å². The maximum absolute atomic E-state index is 3.22. The van der Waals surface area contributed by atoms with Crippen LogP contribution in [-0.2, 0) is 0 Å². The van der Waals surface area contributed by atoms with Crippen molar-refractivity contribution in [3.63, 3.8) is 0 Å². The van der Waals surface area contributed by atoms with Crippen molar-refractivity contribution in [2.75, 3.05) is 73.0 Å². The van der Waals surface area contributed by atoms with E-state index < -0.39 is 0 Å². The number of hydrogen-bond donors (Lipinski definition) is 1. The van der Waals surface area contributed by atoms with Crippen LogP contribution < -0.4 is 5.32 Å².